The first-order valence-corrected chi connectivity index (χ1v) is 6.33. The van der Waals surface area contributed by atoms with E-state index in [4.69, 9.17) is 0 Å². The number of nitrogens with one attached hydrogen (secondary N) is 1. The number of aromatic nitrogens is 1. The molecule has 1 N–H and O–H groups in total. The first kappa shape index (κ1) is 9.46. The molecular weight excluding hydrogens is 184 g/mol. The number of hydrogen-bond donors (Lipinski definition) is 1. The minimum Gasteiger partial charge on any atom is -0.349 e. The van der Waals surface area contributed by atoms with Gasteiger partial charge in [-0.2, -0.15) is 0 Å². The van der Waals surface area contributed by atoms with Crippen molar-refractivity contribution in [2.75, 3.05) is 6.54 Å². The summed E-state index contributed by atoms with van der Waals surface area (Å²) in [4.78, 5) is 0. The predicted octanol–water partition coefficient (Wildman–Crippen LogP) is 2.71. The second-order valence-corrected chi connectivity index (χ2v) is 4.96. The first-order chi connectivity index (χ1) is 7.45. The standard InChI is InChI=1S/C13H20N2/c1-2-5-11(6-3-1)13-12-7-4-9-15(12)10-8-14-13/h4,7,9,11,13-14H,1-3,5-6,8,10H2. The molecule has 3 rings (SSSR count). The lowest BCUT2D eigenvalue weighted by molar-refractivity contribution is 0.246. The van der Waals surface area contributed by atoms with E-state index in [9.17, 15) is 0 Å². The van der Waals surface area contributed by atoms with Crippen molar-refractivity contribution in [2.24, 2.45) is 5.92 Å². The Kier molecular flexibility index (Phi) is 2.53. The zero-order chi connectivity index (χ0) is 10.1. The molecule has 0 bridgehead atoms. The summed E-state index contributed by atoms with van der Waals surface area (Å²) in [5.41, 5.74) is 1.52. The van der Waals surface area contributed by atoms with E-state index in [-0.39, 0.29) is 0 Å². The molecular formula is C13H20N2. The van der Waals surface area contributed by atoms with E-state index < -0.39 is 0 Å². The summed E-state index contributed by atoms with van der Waals surface area (Å²) in [5, 5.41) is 3.71. The molecule has 15 heavy (non-hydrogen) atoms. The van der Waals surface area contributed by atoms with Gasteiger partial charge in [0.15, 0.2) is 0 Å². The Bertz CT molecular complexity index is 323. The molecule has 1 aliphatic carbocycles. The average molecular weight is 204 g/mol. The van der Waals surface area contributed by atoms with Crippen molar-refractivity contribution in [3.8, 4) is 0 Å². The van der Waals surface area contributed by atoms with Crippen molar-refractivity contribution in [2.45, 2.75) is 44.7 Å². The van der Waals surface area contributed by atoms with Crippen LogP contribution in [0.2, 0.25) is 0 Å². The van der Waals surface area contributed by atoms with E-state index in [0.29, 0.717) is 6.04 Å². The Morgan fingerprint density at radius 2 is 2.07 bits per heavy atom. The molecule has 0 radical (unpaired) electrons. The van der Waals surface area contributed by atoms with Crippen LogP contribution >= 0.6 is 0 Å². The summed E-state index contributed by atoms with van der Waals surface area (Å²) in [7, 11) is 0. The van der Waals surface area contributed by atoms with Gasteiger partial charge >= 0.3 is 0 Å². The maximum absolute atomic E-state index is 3.71. The van der Waals surface area contributed by atoms with Gasteiger partial charge in [0.05, 0.1) is 6.04 Å². The van der Waals surface area contributed by atoms with Crippen LogP contribution in [-0.4, -0.2) is 11.1 Å². The van der Waals surface area contributed by atoms with Gasteiger partial charge in [-0.1, -0.05) is 19.3 Å². The second kappa shape index (κ2) is 4.01. The Hall–Kier alpha value is -0.760. The summed E-state index contributed by atoms with van der Waals surface area (Å²) in [5.74, 6) is 0.882. The topological polar surface area (TPSA) is 17.0 Å². The largest absolute Gasteiger partial charge is 0.349 e. The first-order valence-electron chi connectivity index (χ1n) is 6.33. The molecule has 1 aromatic heterocycles. The Balaban J connectivity index is 1.82. The van der Waals surface area contributed by atoms with Crippen LogP contribution in [0.25, 0.3) is 0 Å². The third kappa shape index (κ3) is 1.71. The highest BCUT2D eigenvalue weighted by molar-refractivity contribution is 5.15. The van der Waals surface area contributed by atoms with E-state index in [1.807, 2.05) is 0 Å². The van der Waals surface area contributed by atoms with Gasteiger partial charge in [0.2, 0.25) is 0 Å². The maximum Gasteiger partial charge on any atom is 0.0504 e. The van der Waals surface area contributed by atoms with Crippen LogP contribution in [0.4, 0.5) is 0 Å². The molecule has 82 valence electrons. The molecule has 0 aromatic carbocycles. The van der Waals surface area contributed by atoms with Crippen molar-refractivity contribution in [3.05, 3.63) is 24.0 Å². The monoisotopic (exact) mass is 204 g/mol. The van der Waals surface area contributed by atoms with E-state index in [1.54, 1.807) is 0 Å². The SMILES string of the molecule is c1cc2n(c1)CCNC2C1CCCCC1. The predicted molar refractivity (Wildman–Crippen MR) is 61.8 cm³/mol. The van der Waals surface area contributed by atoms with Crippen LogP contribution in [0.15, 0.2) is 18.3 Å². The highest BCUT2D eigenvalue weighted by Gasteiger charge is 2.28. The fraction of sp³-hybridized carbons (Fsp3) is 0.692. The van der Waals surface area contributed by atoms with Gasteiger partial charge < -0.3 is 9.88 Å². The van der Waals surface area contributed by atoms with Gasteiger partial charge in [-0.25, -0.2) is 0 Å². The average Bonchev–Trinajstić information content (AvgIpc) is 2.78. The van der Waals surface area contributed by atoms with E-state index in [2.05, 4.69) is 28.2 Å². The Labute approximate surface area is 91.7 Å². The maximum atomic E-state index is 3.71. The summed E-state index contributed by atoms with van der Waals surface area (Å²) >= 11 is 0. The zero-order valence-corrected chi connectivity index (χ0v) is 9.28. The summed E-state index contributed by atoms with van der Waals surface area (Å²) in [6.07, 6.45) is 9.38. The molecule has 1 atom stereocenters. The summed E-state index contributed by atoms with van der Waals surface area (Å²) in [6.45, 7) is 2.29. The fourth-order valence-electron chi connectivity index (χ4n) is 3.23. The smallest absolute Gasteiger partial charge is 0.0504 e. The van der Waals surface area contributed by atoms with Crippen molar-refractivity contribution in [1.82, 2.24) is 9.88 Å². The van der Waals surface area contributed by atoms with Gasteiger partial charge in [-0.15, -0.1) is 0 Å². The molecule has 2 heteroatoms. The van der Waals surface area contributed by atoms with Crippen molar-refractivity contribution in [3.63, 3.8) is 0 Å². The minimum atomic E-state index is 0.633. The summed E-state index contributed by atoms with van der Waals surface area (Å²) in [6, 6.07) is 5.12. The van der Waals surface area contributed by atoms with Crippen LogP contribution in [-0.2, 0) is 6.54 Å². The molecule has 1 aromatic rings. The van der Waals surface area contributed by atoms with Gasteiger partial charge in [-0.05, 0) is 30.9 Å². The zero-order valence-electron chi connectivity index (χ0n) is 9.28. The van der Waals surface area contributed by atoms with E-state index in [0.717, 1.165) is 19.0 Å². The Morgan fingerprint density at radius 3 is 2.93 bits per heavy atom. The lowest BCUT2D eigenvalue weighted by Crippen LogP contribution is -2.37. The fourth-order valence-corrected chi connectivity index (χ4v) is 3.23. The molecule has 1 aliphatic heterocycles. The molecule has 2 heterocycles. The van der Waals surface area contributed by atoms with Crippen molar-refractivity contribution in [1.29, 1.82) is 0 Å². The molecule has 0 amide bonds. The molecule has 1 saturated carbocycles. The van der Waals surface area contributed by atoms with Crippen LogP contribution in [0.1, 0.15) is 43.8 Å². The lowest BCUT2D eigenvalue weighted by Gasteiger charge is -2.35. The molecule has 0 saturated heterocycles. The third-order valence-corrected chi connectivity index (χ3v) is 4.02. The van der Waals surface area contributed by atoms with Crippen LogP contribution in [0.3, 0.4) is 0 Å². The number of rotatable bonds is 1. The van der Waals surface area contributed by atoms with Gasteiger partial charge in [0.25, 0.3) is 0 Å². The Morgan fingerprint density at radius 1 is 1.20 bits per heavy atom. The lowest BCUT2D eigenvalue weighted by atomic mass is 9.82. The van der Waals surface area contributed by atoms with Crippen LogP contribution < -0.4 is 5.32 Å². The quantitative estimate of drug-likeness (QED) is 0.744. The van der Waals surface area contributed by atoms with E-state index >= 15 is 0 Å². The molecule has 0 spiro atoms. The number of fused-ring (bicyclic) bond motifs is 1. The molecule has 1 unspecified atom stereocenters. The van der Waals surface area contributed by atoms with Crippen LogP contribution in [0.5, 0.6) is 0 Å². The molecule has 2 nitrogen and oxygen atoms in total. The molecule has 2 aliphatic rings. The van der Waals surface area contributed by atoms with Gasteiger partial charge in [0, 0.05) is 25.0 Å². The van der Waals surface area contributed by atoms with E-state index in [1.165, 1.54) is 37.8 Å². The normalized spacial score (nSPS) is 27.6. The summed E-state index contributed by atoms with van der Waals surface area (Å²) < 4.78 is 2.43. The van der Waals surface area contributed by atoms with Gasteiger partial charge in [-0.3, -0.25) is 0 Å². The van der Waals surface area contributed by atoms with Crippen molar-refractivity contribution >= 4 is 0 Å². The molecule has 1 fully saturated rings. The number of hydrogen-bond acceptors (Lipinski definition) is 1. The van der Waals surface area contributed by atoms with Crippen LogP contribution in [0, 0.1) is 5.92 Å². The third-order valence-electron chi connectivity index (χ3n) is 4.02. The number of nitrogens with zero attached hydrogens (tertiary/aromatic N) is 1. The van der Waals surface area contributed by atoms with Crippen molar-refractivity contribution < 1.29 is 0 Å². The minimum absolute atomic E-state index is 0.633. The van der Waals surface area contributed by atoms with Gasteiger partial charge in [0.1, 0.15) is 0 Å². The highest BCUT2D eigenvalue weighted by atomic mass is 15.1. The highest BCUT2D eigenvalue weighted by Crippen LogP contribution is 2.35. The second-order valence-electron chi connectivity index (χ2n) is 4.96.